The van der Waals surface area contributed by atoms with Crippen LogP contribution in [0.15, 0.2) is 12.2 Å². The van der Waals surface area contributed by atoms with Gasteiger partial charge in [0.25, 0.3) is 0 Å². The second kappa shape index (κ2) is 9.18. The number of unbranched alkanes of at least 4 members (excludes halogenated alkanes) is 2. The van der Waals surface area contributed by atoms with Gasteiger partial charge in [-0.1, -0.05) is 18.9 Å². The maximum absolute atomic E-state index is 3.89. The normalized spacial score (nSPS) is 10.2. The minimum absolute atomic E-state index is 1.19. The first-order valence-corrected chi connectivity index (χ1v) is 5.90. The van der Waals surface area contributed by atoms with Crippen molar-refractivity contribution < 1.29 is 0 Å². The fourth-order valence-corrected chi connectivity index (χ4v) is 1.76. The fourth-order valence-electron chi connectivity index (χ4n) is 0.990. The molecule has 0 fully saturated rings. The molecule has 0 saturated heterocycles. The summed E-state index contributed by atoms with van der Waals surface area (Å²) < 4.78 is 0. The molecule has 0 nitrogen and oxygen atoms in total. The lowest BCUT2D eigenvalue weighted by molar-refractivity contribution is 0.719. The molecule has 0 heterocycles. The van der Waals surface area contributed by atoms with Gasteiger partial charge in [0.15, 0.2) is 0 Å². The summed E-state index contributed by atoms with van der Waals surface area (Å²) in [5.74, 6) is 3.59. The summed E-state index contributed by atoms with van der Waals surface area (Å²) in [5.41, 5.74) is 1.32. The van der Waals surface area contributed by atoms with Gasteiger partial charge >= 0.3 is 0 Å². The zero-order valence-electron chi connectivity index (χ0n) is 8.44. The van der Waals surface area contributed by atoms with Gasteiger partial charge in [-0.2, -0.15) is 11.8 Å². The summed E-state index contributed by atoms with van der Waals surface area (Å²) in [4.78, 5) is 0. The Morgan fingerprint density at radius 2 is 2.08 bits per heavy atom. The highest BCUT2D eigenvalue weighted by Gasteiger charge is 1.90. The van der Waals surface area contributed by atoms with Crippen molar-refractivity contribution in [1.29, 1.82) is 0 Å². The van der Waals surface area contributed by atoms with Gasteiger partial charge in [-0.3, -0.25) is 0 Å². The van der Waals surface area contributed by atoms with Crippen LogP contribution in [0.1, 0.15) is 46.0 Å². The Morgan fingerprint density at radius 3 is 2.67 bits per heavy atom. The zero-order chi connectivity index (χ0) is 9.23. The molecule has 0 aromatic rings. The van der Waals surface area contributed by atoms with Crippen molar-refractivity contribution in [3.63, 3.8) is 0 Å². The summed E-state index contributed by atoms with van der Waals surface area (Å²) in [5, 5.41) is 0. The van der Waals surface area contributed by atoms with E-state index in [9.17, 15) is 0 Å². The maximum atomic E-state index is 3.89. The lowest BCUT2D eigenvalue weighted by atomic mass is 10.1. The first-order chi connectivity index (χ1) is 5.77. The molecule has 0 unspecified atom stereocenters. The lowest BCUT2D eigenvalue weighted by Gasteiger charge is -2.00. The van der Waals surface area contributed by atoms with Crippen molar-refractivity contribution in [2.24, 2.45) is 0 Å². The highest BCUT2D eigenvalue weighted by molar-refractivity contribution is 8.01. The molecule has 0 rings (SSSR count). The maximum Gasteiger partial charge on any atom is 0.0163 e. The minimum atomic E-state index is 1.19. The standard InChI is InChI=1S/C11H21S/c1-4-9-12-10-7-5-6-8-11(2)3/h9H,2,4-8,10H2,1,3H3. The molecule has 0 saturated carbocycles. The molecule has 1 radical (unpaired) electrons. The van der Waals surface area contributed by atoms with Crippen LogP contribution < -0.4 is 0 Å². The molecule has 1 heteroatoms. The van der Waals surface area contributed by atoms with E-state index in [-0.39, 0.29) is 0 Å². The lowest BCUT2D eigenvalue weighted by Crippen LogP contribution is -1.82. The molecule has 71 valence electrons. The summed E-state index contributed by atoms with van der Waals surface area (Å²) in [6.45, 7) is 8.19. The Morgan fingerprint density at radius 1 is 1.33 bits per heavy atom. The molecule has 12 heavy (non-hydrogen) atoms. The summed E-state index contributed by atoms with van der Waals surface area (Å²) >= 11 is 1.96. The van der Waals surface area contributed by atoms with Crippen LogP contribution in [0.2, 0.25) is 0 Å². The van der Waals surface area contributed by atoms with E-state index >= 15 is 0 Å². The predicted molar refractivity (Wildman–Crippen MR) is 60.3 cm³/mol. The van der Waals surface area contributed by atoms with E-state index in [4.69, 9.17) is 0 Å². The second-order valence-electron chi connectivity index (χ2n) is 3.21. The van der Waals surface area contributed by atoms with Crippen LogP contribution in [0.3, 0.4) is 0 Å². The molecule has 0 N–H and O–H groups in total. The van der Waals surface area contributed by atoms with Gasteiger partial charge in [0.2, 0.25) is 0 Å². The van der Waals surface area contributed by atoms with Crippen molar-refractivity contribution in [3.05, 3.63) is 17.9 Å². The Labute approximate surface area is 81.8 Å². The largest absolute Gasteiger partial charge is 0.157 e. The van der Waals surface area contributed by atoms with E-state index in [1.165, 1.54) is 43.4 Å². The van der Waals surface area contributed by atoms with Gasteiger partial charge in [-0.15, -0.1) is 6.58 Å². The number of allylic oxidation sites excluding steroid dienone is 1. The average molecular weight is 185 g/mol. The Hall–Kier alpha value is 0.0900. The van der Waals surface area contributed by atoms with Gasteiger partial charge in [0.1, 0.15) is 0 Å². The molecule has 0 aliphatic carbocycles. The minimum Gasteiger partial charge on any atom is -0.157 e. The van der Waals surface area contributed by atoms with Crippen LogP contribution in [0.4, 0.5) is 0 Å². The molecule has 0 aromatic heterocycles. The predicted octanol–water partition coefficient (Wildman–Crippen LogP) is 4.43. The number of hydrogen-bond acceptors (Lipinski definition) is 1. The van der Waals surface area contributed by atoms with Crippen LogP contribution >= 0.6 is 11.8 Å². The third-order valence-corrected chi connectivity index (χ3v) is 2.74. The zero-order valence-corrected chi connectivity index (χ0v) is 9.25. The average Bonchev–Trinajstić information content (AvgIpc) is 2.02. The van der Waals surface area contributed by atoms with Crippen molar-refractivity contribution in [3.8, 4) is 0 Å². The molecule has 0 amide bonds. The molecule has 0 aliphatic rings. The van der Waals surface area contributed by atoms with E-state index in [2.05, 4.69) is 26.2 Å². The smallest absolute Gasteiger partial charge is 0.0163 e. The number of rotatable bonds is 8. The third-order valence-electron chi connectivity index (χ3n) is 1.65. The molecule has 0 aliphatic heterocycles. The van der Waals surface area contributed by atoms with Gasteiger partial charge in [-0.25, -0.2) is 0 Å². The first kappa shape index (κ1) is 12.1. The van der Waals surface area contributed by atoms with E-state index in [1.54, 1.807) is 0 Å². The number of hydrogen-bond donors (Lipinski definition) is 0. The van der Waals surface area contributed by atoms with Gasteiger partial charge in [-0.05, 0) is 38.4 Å². The van der Waals surface area contributed by atoms with E-state index in [1.807, 2.05) is 11.8 Å². The summed E-state index contributed by atoms with van der Waals surface area (Å²) in [6.07, 6.45) is 6.44. The van der Waals surface area contributed by atoms with Crippen molar-refractivity contribution in [2.45, 2.75) is 46.0 Å². The van der Waals surface area contributed by atoms with Crippen molar-refractivity contribution >= 4 is 11.8 Å². The van der Waals surface area contributed by atoms with Gasteiger partial charge in [0.05, 0.1) is 0 Å². The summed E-state index contributed by atoms with van der Waals surface area (Å²) in [6, 6.07) is 0. The van der Waals surface area contributed by atoms with Crippen molar-refractivity contribution in [1.82, 2.24) is 0 Å². The molecule has 0 aromatic carbocycles. The molecule has 0 spiro atoms. The second-order valence-corrected chi connectivity index (χ2v) is 4.29. The highest BCUT2D eigenvalue weighted by Crippen LogP contribution is 2.13. The monoisotopic (exact) mass is 185 g/mol. The van der Waals surface area contributed by atoms with E-state index < -0.39 is 0 Å². The SMILES string of the molecule is C=C(C)CCCCCS[CH]CC. The third kappa shape index (κ3) is 10.1. The van der Waals surface area contributed by atoms with Crippen LogP contribution in [-0.4, -0.2) is 5.75 Å². The molecular weight excluding hydrogens is 164 g/mol. The van der Waals surface area contributed by atoms with Crippen LogP contribution in [0.5, 0.6) is 0 Å². The molecule has 0 atom stereocenters. The quantitative estimate of drug-likeness (QED) is 0.398. The number of thioether (sulfide) groups is 1. The van der Waals surface area contributed by atoms with Gasteiger partial charge < -0.3 is 0 Å². The van der Waals surface area contributed by atoms with Crippen LogP contribution in [0.25, 0.3) is 0 Å². The topological polar surface area (TPSA) is 0 Å². The van der Waals surface area contributed by atoms with E-state index in [0.29, 0.717) is 0 Å². The van der Waals surface area contributed by atoms with Crippen LogP contribution in [-0.2, 0) is 0 Å². The van der Waals surface area contributed by atoms with Crippen molar-refractivity contribution in [2.75, 3.05) is 5.75 Å². The van der Waals surface area contributed by atoms with Gasteiger partial charge in [0, 0.05) is 5.75 Å². The Bertz CT molecular complexity index is 108. The Kier molecular flexibility index (Phi) is 9.25. The Balaban J connectivity index is 2.86. The van der Waals surface area contributed by atoms with E-state index in [0.717, 1.165) is 0 Å². The fraction of sp³-hybridized carbons (Fsp3) is 0.727. The molecular formula is C11H21S. The molecule has 0 bridgehead atoms. The van der Waals surface area contributed by atoms with Crippen LogP contribution in [0, 0.1) is 5.75 Å². The highest BCUT2D eigenvalue weighted by atomic mass is 32.2. The summed E-state index contributed by atoms with van der Waals surface area (Å²) in [7, 11) is 0. The first-order valence-electron chi connectivity index (χ1n) is 4.85.